The molecule has 0 aromatic carbocycles. The third-order valence-electron chi connectivity index (χ3n) is 3.24. The van der Waals surface area contributed by atoms with Gasteiger partial charge in [-0.05, 0) is 24.2 Å². The topological polar surface area (TPSA) is 0 Å². The zero-order valence-electron chi connectivity index (χ0n) is 7.56. The van der Waals surface area contributed by atoms with Gasteiger partial charge < -0.3 is 0 Å². The molecule has 0 nitrogen and oxygen atoms in total. The summed E-state index contributed by atoms with van der Waals surface area (Å²) < 4.78 is 0. The van der Waals surface area contributed by atoms with Gasteiger partial charge >= 0.3 is 0 Å². The van der Waals surface area contributed by atoms with Crippen LogP contribution in [0.15, 0.2) is 0 Å². The van der Waals surface area contributed by atoms with Crippen molar-refractivity contribution in [2.75, 3.05) is 0 Å². The smallest absolute Gasteiger partial charge is 0.0383 e. The summed E-state index contributed by atoms with van der Waals surface area (Å²) >= 11 is 0. The third-order valence-corrected chi connectivity index (χ3v) is 3.24. The highest BCUT2D eigenvalue weighted by Crippen LogP contribution is 2.42. The second-order valence-corrected chi connectivity index (χ2v) is 3.97. The van der Waals surface area contributed by atoms with E-state index in [1.165, 1.54) is 25.7 Å². The Labute approximate surface area is 65.0 Å². The summed E-state index contributed by atoms with van der Waals surface area (Å²) in [4.78, 5) is 0. The van der Waals surface area contributed by atoms with E-state index in [0.717, 1.165) is 17.8 Å². The molecule has 0 saturated heterocycles. The third kappa shape index (κ3) is 1.53. The van der Waals surface area contributed by atoms with Gasteiger partial charge in [0.2, 0.25) is 0 Å². The summed E-state index contributed by atoms with van der Waals surface area (Å²) in [5, 5.41) is 0. The maximum absolute atomic E-state index is 2.41. The summed E-state index contributed by atoms with van der Waals surface area (Å²) in [6.45, 7) is 7.08. The molecule has 1 aliphatic carbocycles. The van der Waals surface area contributed by atoms with Crippen LogP contribution in [0.5, 0.6) is 0 Å². The second kappa shape index (κ2) is 3.41. The van der Waals surface area contributed by atoms with E-state index in [1.54, 1.807) is 0 Å². The molecule has 0 bridgehead atoms. The lowest BCUT2D eigenvalue weighted by atomic mass is 9.65. The predicted octanol–water partition coefficient (Wildman–Crippen LogP) is 3.47. The van der Waals surface area contributed by atoms with Gasteiger partial charge in [-0.2, -0.15) is 0 Å². The summed E-state index contributed by atoms with van der Waals surface area (Å²) in [5.74, 6) is 3.11. The highest BCUT2D eigenvalue weighted by molar-refractivity contribution is 4.82. The van der Waals surface area contributed by atoms with Crippen molar-refractivity contribution in [1.29, 1.82) is 0 Å². The molecular formula is C10H20. The fourth-order valence-electron chi connectivity index (χ4n) is 2.02. The van der Waals surface area contributed by atoms with Gasteiger partial charge in [-0.1, -0.05) is 40.0 Å². The Morgan fingerprint density at radius 1 is 1.30 bits per heavy atom. The lowest BCUT2D eigenvalue weighted by Crippen LogP contribution is -2.32. The Balaban J connectivity index is 2.08. The average Bonchev–Trinajstić information content (AvgIpc) is 1.97. The Morgan fingerprint density at radius 2 is 2.00 bits per heavy atom. The van der Waals surface area contributed by atoms with Gasteiger partial charge in [0.15, 0.2) is 0 Å². The molecule has 0 amide bonds. The van der Waals surface area contributed by atoms with Crippen LogP contribution in [-0.2, 0) is 0 Å². The van der Waals surface area contributed by atoms with E-state index in [-0.39, 0.29) is 0 Å². The zero-order chi connectivity index (χ0) is 7.56. The molecule has 3 atom stereocenters. The zero-order valence-corrected chi connectivity index (χ0v) is 7.56. The van der Waals surface area contributed by atoms with E-state index in [1.807, 2.05) is 0 Å². The number of rotatable bonds is 3. The molecule has 0 aromatic rings. The first-order valence-corrected chi connectivity index (χ1v) is 4.75. The van der Waals surface area contributed by atoms with Crippen LogP contribution in [0, 0.1) is 17.8 Å². The molecule has 0 spiro atoms. The molecule has 60 valence electrons. The van der Waals surface area contributed by atoms with Crippen LogP contribution >= 0.6 is 0 Å². The summed E-state index contributed by atoms with van der Waals surface area (Å²) in [5.41, 5.74) is 0. The van der Waals surface area contributed by atoms with E-state index in [4.69, 9.17) is 0 Å². The molecule has 1 rings (SSSR count). The van der Waals surface area contributed by atoms with E-state index >= 15 is 0 Å². The molecule has 0 radical (unpaired) electrons. The molecule has 1 aliphatic rings. The first-order chi connectivity index (χ1) is 4.75. The number of unbranched alkanes of at least 4 members (excludes halogenated alkanes) is 1. The van der Waals surface area contributed by atoms with Crippen molar-refractivity contribution >= 4 is 0 Å². The molecule has 0 heteroatoms. The Morgan fingerprint density at radius 3 is 2.40 bits per heavy atom. The lowest BCUT2D eigenvalue weighted by Gasteiger charge is -2.41. The van der Waals surface area contributed by atoms with E-state index in [2.05, 4.69) is 20.8 Å². The SMILES string of the molecule is CCCCC1CC(C)C1C. The minimum absolute atomic E-state index is 1.02. The van der Waals surface area contributed by atoms with Crippen molar-refractivity contribution in [1.82, 2.24) is 0 Å². The van der Waals surface area contributed by atoms with Gasteiger partial charge in [-0.25, -0.2) is 0 Å². The number of hydrogen-bond donors (Lipinski definition) is 0. The minimum Gasteiger partial charge on any atom is -0.0654 e. The molecule has 0 aliphatic heterocycles. The quantitative estimate of drug-likeness (QED) is 0.563. The molecule has 1 fully saturated rings. The average molecular weight is 140 g/mol. The highest BCUT2D eigenvalue weighted by Gasteiger charge is 2.32. The summed E-state index contributed by atoms with van der Waals surface area (Å²) in [6, 6.07) is 0. The van der Waals surface area contributed by atoms with Gasteiger partial charge in [-0.15, -0.1) is 0 Å². The number of hydrogen-bond acceptors (Lipinski definition) is 0. The van der Waals surface area contributed by atoms with Crippen molar-refractivity contribution < 1.29 is 0 Å². The lowest BCUT2D eigenvalue weighted by molar-refractivity contribution is 0.0930. The Bertz CT molecular complexity index is 96.2. The van der Waals surface area contributed by atoms with Crippen LogP contribution in [0.3, 0.4) is 0 Å². The van der Waals surface area contributed by atoms with Crippen LogP contribution in [0.25, 0.3) is 0 Å². The van der Waals surface area contributed by atoms with Crippen LogP contribution < -0.4 is 0 Å². The molecule has 0 N–H and O–H groups in total. The summed E-state index contributed by atoms with van der Waals surface area (Å²) in [6.07, 6.45) is 5.81. The first kappa shape index (κ1) is 8.10. The van der Waals surface area contributed by atoms with Crippen molar-refractivity contribution in [3.63, 3.8) is 0 Å². The maximum Gasteiger partial charge on any atom is -0.0383 e. The normalized spacial score (nSPS) is 39.3. The molecule has 1 saturated carbocycles. The van der Waals surface area contributed by atoms with E-state index < -0.39 is 0 Å². The van der Waals surface area contributed by atoms with Crippen molar-refractivity contribution in [3.8, 4) is 0 Å². The van der Waals surface area contributed by atoms with Crippen molar-refractivity contribution in [3.05, 3.63) is 0 Å². The van der Waals surface area contributed by atoms with Gasteiger partial charge in [-0.3, -0.25) is 0 Å². The maximum atomic E-state index is 2.41. The van der Waals surface area contributed by atoms with Crippen molar-refractivity contribution in [2.24, 2.45) is 17.8 Å². The first-order valence-electron chi connectivity index (χ1n) is 4.75. The Kier molecular flexibility index (Phi) is 2.76. The molecular weight excluding hydrogens is 120 g/mol. The fraction of sp³-hybridized carbons (Fsp3) is 1.00. The minimum atomic E-state index is 1.02. The van der Waals surface area contributed by atoms with Gasteiger partial charge in [0.1, 0.15) is 0 Å². The Hall–Kier alpha value is 0. The van der Waals surface area contributed by atoms with Crippen LogP contribution in [0.2, 0.25) is 0 Å². The largest absolute Gasteiger partial charge is 0.0654 e. The predicted molar refractivity (Wildman–Crippen MR) is 46.0 cm³/mol. The van der Waals surface area contributed by atoms with Gasteiger partial charge in [0.25, 0.3) is 0 Å². The van der Waals surface area contributed by atoms with Crippen LogP contribution in [0.4, 0.5) is 0 Å². The highest BCUT2D eigenvalue weighted by atomic mass is 14.4. The monoisotopic (exact) mass is 140 g/mol. The second-order valence-electron chi connectivity index (χ2n) is 3.97. The molecule has 3 unspecified atom stereocenters. The van der Waals surface area contributed by atoms with E-state index in [0.29, 0.717) is 0 Å². The van der Waals surface area contributed by atoms with Crippen molar-refractivity contribution in [2.45, 2.75) is 46.5 Å². The molecule has 0 heterocycles. The van der Waals surface area contributed by atoms with Gasteiger partial charge in [0, 0.05) is 0 Å². The molecule has 0 aromatic heterocycles. The van der Waals surface area contributed by atoms with Gasteiger partial charge in [0.05, 0.1) is 0 Å². The summed E-state index contributed by atoms with van der Waals surface area (Å²) in [7, 11) is 0. The standard InChI is InChI=1S/C10H20/c1-4-5-6-10-7-8(2)9(10)3/h8-10H,4-7H2,1-3H3. The van der Waals surface area contributed by atoms with E-state index in [9.17, 15) is 0 Å². The van der Waals surface area contributed by atoms with Crippen LogP contribution in [-0.4, -0.2) is 0 Å². The fourth-order valence-corrected chi connectivity index (χ4v) is 2.02. The van der Waals surface area contributed by atoms with Crippen LogP contribution in [0.1, 0.15) is 46.5 Å². The molecule has 10 heavy (non-hydrogen) atoms.